The van der Waals surface area contributed by atoms with Gasteiger partial charge in [0, 0.05) is 18.2 Å². The summed E-state index contributed by atoms with van der Waals surface area (Å²) in [5.41, 5.74) is 2.52. The summed E-state index contributed by atoms with van der Waals surface area (Å²) in [4.78, 5) is 15.6. The number of hydrogen-bond acceptors (Lipinski definition) is 2. The Morgan fingerprint density at radius 1 is 1.17 bits per heavy atom. The average molecular weight is 256 g/mol. The van der Waals surface area contributed by atoms with Crippen LogP contribution in [-0.4, -0.2) is 11.0 Å². The summed E-state index contributed by atoms with van der Waals surface area (Å²) in [5.74, 6) is 0. The normalized spacial score (nSPS) is 16.8. The van der Waals surface area contributed by atoms with Crippen molar-refractivity contribution in [3.63, 3.8) is 0 Å². The van der Waals surface area contributed by atoms with Crippen LogP contribution >= 0.6 is 11.6 Å². The van der Waals surface area contributed by atoms with Crippen molar-refractivity contribution in [3.8, 4) is 0 Å². The molecule has 18 heavy (non-hydrogen) atoms. The molecular formula is C15H10ClNO. The number of halogens is 1. The number of nitrogens with zero attached hydrogens (tertiary/aromatic N) is 1. The van der Waals surface area contributed by atoms with Gasteiger partial charge >= 0.3 is 0 Å². The summed E-state index contributed by atoms with van der Waals surface area (Å²) in [6.45, 7) is 0. The van der Waals surface area contributed by atoms with Crippen molar-refractivity contribution in [1.29, 1.82) is 0 Å². The monoisotopic (exact) mass is 255 g/mol. The smallest absolute Gasteiger partial charge is 0.248 e. The molecule has 0 N–H and O–H groups in total. The van der Waals surface area contributed by atoms with Gasteiger partial charge in [-0.05, 0) is 33.7 Å². The maximum atomic E-state index is 11.2. The highest BCUT2D eigenvalue weighted by atomic mass is 35.5. The standard InChI is InChI=1S/C15H10ClNO/c16-15(18)12-6-5-11-7-10-3-1-2-4-13(10)9-17-14(11)8-12/h1-7,9H,8H2. The van der Waals surface area contributed by atoms with Gasteiger partial charge in [-0.3, -0.25) is 9.79 Å². The second-order valence-corrected chi connectivity index (χ2v) is 4.59. The van der Waals surface area contributed by atoms with Crippen LogP contribution in [0.25, 0.3) is 12.3 Å². The molecule has 1 aliphatic carbocycles. The molecule has 2 nitrogen and oxygen atoms in total. The molecular weight excluding hydrogens is 246 g/mol. The van der Waals surface area contributed by atoms with E-state index < -0.39 is 5.24 Å². The van der Waals surface area contributed by atoms with Crippen LogP contribution in [-0.2, 0) is 4.79 Å². The molecule has 0 fully saturated rings. The third-order valence-corrected chi connectivity index (χ3v) is 3.32. The second-order valence-electron chi connectivity index (χ2n) is 4.24. The van der Waals surface area contributed by atoms with Crippen LogP contribution < -0.4 is 10.4 Å². The molecule has 0 unspecified atom stereocenters. The fourth-order valence-electron chi connectivity index (χ4n) is 2.09. The molecule has 2 aliphatic rings. The van der Waals surface area contributed by atoms with Gasteiger partial charge in [0.05, 0.1) is 5.71 Å². The number of fused-ring (bicyclic) bond motifs is 2. The van der Waals surface area contributed by atoms with E-state index in [1.54, 1.807) is 6.08 Å². The number of benzene rings is 1. The molecule has 1 heterocycles. The molecule has 1 aliphatic heterocycles. The van der Waals surface area contributed by atoms with Crippen molar-refractivity contribution in [2.45, 2.75) is 6.42 Å². The van der Waals surface area contributed by atoms with E-state index in [1.165, 1.54) is 0 Å². The Balaban J connectivity index is 2.17. The summed E-state index contributed by atoms with van der Waals surface area (Å²) in [6, 6.07) is 8.06. The number of rotatable bonds is 1. The van der Waals surface area contributed by atoms with Crippen LogP contribution in [0.15, 0.2) is 52.6 Å². The zero-order chi connectivity index (χ0) is 12.5. The first-order chi connectivity index (χ1) is 8.74. The van der Waals surface area contributed by atoms with Crippen molar-refractivity contribution < 1.29 is 4.79 Å². The van der Waals surface area contributed by atoms with Crippen molar-refractivity contribution in [2.24, 2.45) is 4.99 Å². The summed E-state index contributed by atoms with van der Waals surface area (Å²) in [7, 11) is 0. The predicted molar refractivity (Wildman–Crippen MR) is 73.7 cm³/mol. The molecule has 88 valence electrons. The lowest BCUT2D eigenvalue weighted by Gasteiger charge is -2.11. The Morgan fingerprint density at radius 2 is 1.94 bits per heavy atom. The first-order valence-electron chi connectivity index (χ1n) is 5.69. The van der Waals surface area contributed by atoms with E-state index in [9.17, 15) is 4.79 Å². The molecule has 0 radical (unpaired) electrons. The minimum absolute atomic E-state index is 0.408. The minimum Gasteiger partial charge on any atom is -0.276 e. The van der Waals surface area contributed by atoms with Gasteiger partial charge in [0.15, 0.2) is 0 Å². The van der Waals surface area contributed by atoms with Crippen molar-refractivity contribution in [3.05, 3.63) is 58.0 Å². The maximum Gasteiger partial charge on any atom is 0.248 e. The number of allylic oxidation sites excluding steroid dienone is 4. The first-order valence-corrected chi connectivity index (χ1v) is 6.06. The largest absolute Gasteiger partial charge is 0.276 e. The summed E-state index contributed by atoms with van der Waals surface area (Å²) in [6.07, 6.45) is 8.09. The lowest BCUT2D eigenvalue weighted by Crippen LogP contribution is -2.23. The molecule has 1 aromatic carbocycles. The summed E-state index contributed by atoms with van der Waals surface area (Å²) in [5, 5.41) is 1.81. The van der Waals surface area contributed by atoms with E-state index in [0.717, 1.165) is 21.7 Å². The number of carbonyl (C=O) groups excluding carboxylic acids is 1. The van der Waals surface area contributed by atoms with Gasteiger partial charge in [0.2, 0.25) is 5.24 Å². The van der Waals surface area contributed by atoms with Crippen LogP contribution in [0.2, 0.25) is 0 Å². The van der Waals surface area contributed by atoms with Crippen molar-refractivity contribution in [1.82, 2.24) is 0 Å². The van der Waals surface area contributed by atoms with E-state index in [1.807, 2.05) is 30.5 Å². The van der Waals surface area contributed by atoms with Crippen LogP contribution in [0.3, 0.4) is 0 Å². The molecule has 0 atom stereocenters. The highest BCUT2D eigenvalue weighted by molar-refractivity contribution is 6.68. The zero-order valence-electron chi connectivity index (χ0n) is 9.56. The highest BCUT2D eigenvalue weighted by Crippen LogP contribution is 2.20. The molecule has 1 aromatic rings. The molecule has 0 spiro atoms. The van der Waals surface area contributed by atoms with E-state index in [0.29, 0.717) is 12.0 Å². The van der Waals surface area contributed by atoms with E-state index in [-0.39, 0.29) is 0 Å². The quantitative estimate of drug-likeness (QED) is 0.702. The lowest BCUT2D eigenvalue weighted by molar-refractivity contribution is -0.108. The molecule has 0 aromatic heterocycles. The topological polar surface area (TPSA) is 29.4 Å². The van der Waals surface area contributed by atoms with Crippen LogP contribution in [0.5, 0.6) is 0 Å². The van der Waals surface area contributed by atoms with Gasteiger partial charge in [-0.2, -0.15) is 0 Å². The van der Waals surface area contributed by atoms with Crippen LogP contribution in [0.4, 0.5) is 0 Å². The minimum atomic E-state index is -0.408. The third-order valence-electron chi connectivity index (χ3n) is 3.07. The average Bonchev–Trinajstić information content (AvgIpc) is 2.56. The number of carbonyl (C=O) groups is 1. The van der Waals surface area contributed by atoms with E-state index >= 15 is 0 Å². The number of hydrogen-bond donors (Lipinski definition) is 0. The Kier molecular flexibility index (Phi) is 2.73. The molecule has 0 saturated carbocycles. The lowest BCUT2D eigenvalue weighted by atomic mass is 9.96. The number of aliphatic imine (C=N–C) groups is 1. The van der Waals surface area contributed by atoms with Gasteiger partial charge < -0.3 is 0 Å². The highest BCUT2D eigenvalue weighted by Gasteiger charge is 2.16. The Morgan fingerprint density at radius 3 is 2.72 bits per heavy atom. The van der Waals surface area contributed by atoms with Gasteiger partial charge in [-0.15, -0.1) is 0 Å². The van der Waals surface area contributed by atoms with Gasteiger partial charge in [0.25, 0.3) is 0 Å². The Bertz CT molecular complexity index is 738. The van der Waals surface area contributed by atoms with Crippen molar-refractivity contribution >= 4 is 34.8 Å². The SMILES string of the molecule is O=C(Cl)C1=CC=C2C=c3ccccc3=CN=C2C1. The molecule has 3 heteroatoms. The molecule has 0 saturated heterocycles. The third kappa shape index (κ3) is 1.95. The Labute approximate surface area is 109 Å². The van der Waals surface area contributed by atoms with Crippen LogP contribution in [0, 0.1) is 0 Å². The molecule has 3 rings (SSSR count). The molecule has 0 bridgehead atoms. The zero-order valence-corrected chi connectivity index (χ0v) is 10.3. The fraction of sp³-hybridized carbons (Fsp3) is 0.0667. The predicted octanol–water partition coefficient (Wildman–Crippen LogP) is 1.68. The summed E-state index contributed by atoms with van der Waals surface area (Å²) >= 11 is 5.51. The van der Waals surface area contributed by atoms with Crippen LogP contribution in [0.1, 0.15) is 6.42 Å². The summed E-state index contributed by atoms with van der Waals surface area (Å²) < 4.78 is 0. The van der Waals surface area contributed by atoms with Gasteiger partial charge in [-0.1, -0.05) is 36.4 Å². The first kappa shape index (κ1) is 11.2. The molecule has 0 amide bonds. The van der Waals surface area contributed by atoms with Gasteiger partial charge in [-0.25, -0.2) is 0 Å². The van der Waals surface area contributed by atoms with E-state index in [4.69, 9.17) is 11.6 Å². The Hall–Kier alpha value is -1.93. The van der Waals surface area contributed by atoms with Crippen molar-refractivity contribution in [2.75, 3.05) is 0 Å². The second kappa shape index (κ2) is 4.39. The van der Waals surface area contributed by atoms with Gasteiger partial charge in [0.1, 0.15) is 0 Å². The fourth-order valence-corrected chi connectivity index (χ4v) is 2.22. The maximum absolute atomic E-state index is 11.2. The van der Waals surface area contributed by atoms with E-state index in [2.05, 4.69) is 17.1 Å².